The Labute approximate surface area is 194 Å². The molecule has 2 atom stereocenters. The number of hydrogen-bond acceptors (Lipinski definition) is 7. The summed E-state index contributed by atoms with van der Waals surface area (Å²) in [6, 6.07) is 14.7. The lowest BCUT2D eigenvalue weighted by atomic mass is 10.0. The number of hydrogen-bond donors (Lipinski definition) is 2. The Morgan fingerprint density at radius 2 is 2.03 bits per heavy atom. The van der Waals surface area contributed by atoms with Crippen LogP contribution in [0.3, 0.4) is 0 Å². The summed E-state index contributed by atoms with van der Waals surface area (Å²) in [6.07, 6.45) is 0.485. The number of nitriles is 1. The van der Waals surface area contributed by atoms with Crippen molar-refractivity contribution < 1.29 is 18.4 Å². The van der Waals surface area contributed by atoms with Crippen LogP contribution in [0, 0.1) is 11.3 Å². The van der Waals surface area contributed by atoms with Gasteiger partial charge in [0.1, 0.15) is 23.5 Å². The maximum absolute atomic E-state index is 12.5. The maximum atomic E-state index is 12.5. The van der Waals surface area contributed by atoms with Crippen molar-refractivity contribution in [1.82, 2.24) is 15.2 Å². The van der Waals surface area contributed by atoms with Gasteiger partial charge in [-0.2, -0.15) is 5.26 Å². The molecule has 0 spiro atoms. The van der Waals surface area contributed by atoms with E-state index in [9.17, 15) is 14.9 Å². The lowest BCUT2D eigenvalue weighted by Gasteiger charge is -2.17. The quantitative estimate of drug-likeness (QED) is 0.469. The largest absolute Gasteiger partial charge is 0.461 e. The highest BCUT2D eigenvalue weighted by molar-refractivity contribution is 5.87. The van der Waals surface area contributed by atoms with E-state index in [1.807, 2.05) is 36.4 Å². The fourth-order valence-electron chi connectivity index (χ4n) is 4.15. The second-order valence-corrected chi connectivity index (χ2v) is 8.39. The summed E-state index contributed by atoms with van der Waals surface area (Å²) in [5.74, 6) is -0.103. The lowest BCUT2D eigenvalue weighted by Crippen LogP contribution is -2.46. The van der Waals surface area contributed by atoms with Crippen molar-refractivity contribution in [2.45, 2.75) is 25.0 Å². The van der Waals surface area contributed by atoms with Crippen molar-refractivity contribution in [2.75, 3.05) is 19.7 Å². The highest BCUT2D eigenvalue weighted by Gasteiger charge is 2.24. The van der Waals surface area contributed by atoms with Crippen molar-refractivity contribution >= 4 is 28.0 Å². The average molecular weight is 460 g/mol. The Morgan fingerprint density at radius 1 is 1.21 bits per heavy atom. The normalized spacial score (nSPS) is 17.4. The molecule has 2 aromatic heterocycles. The number of benzene rings is 2. The minimum atomic E-state index is -0.732. The van der Waals surface area contributed by atoms with Gasteiger partial charge in [-0.15, -0.1) is 0 Å². The van der Waals surface area contributed by atoms with E-state index in [4.69, 9.17) is 13.6 Å². The van der Waals surface area contributed by atoms with Gasteiger partial charge in [0.05, 0.1) is 11.6 Å². The number of aryl methyl sites for hydroxylation is 1. The smallest absolute Gasteiger partial charge is 0.419 e. The molecule has 2 N–H and O–H groups in total. The number of nitrogens with one attached hydrogen (secondary N) is 2. The highest BCUT2D eigenvalue weighted by atomic mass is 16.5. The van der Waals surface area contributed by atoms with E-state index in [1.54, 1.807) is 13.1 Å². The Kier molecular flexibility index (Phi) is 5.92. The second kappa shape index (κ2) is 9.17. The van der Waals surface area contributed by atoms with E-state index in [1.165, 1.54) is 4.57 Å². The van der Waals surface area contributed by atoms with E-state index in [2.05, 4.69) is 16.7 Å². The topological polar surface area (TPSA) is 122 Å². The van der Waals surface area contributed by atoms with Crippen molar-refractivity contribution in [3.05, 3.63) is 58.8 Å². The monoisotopic (exact) mass is 460 g/mol. The zero-order valence-electron chi connectivity index (χ0n) is 18.7. The third kappa shape index (κ3) is 4.33. The van der Waals surface area contributed by atoms with E-state index in [-0.39, 0.29) is 12.3 Å². The molecule has 0 radical (unpaired) electrons. The summed E-state index contributed by atoms with van der Waals surface area (Å²) in [7, 11) is 1.67. The lowest BCUT2D eigenvalue weighted by molar-refractivity contribution is -0.132. The molecule has 9 heteroatoms. The molecule has 4 aromatic rings. The molecule has 5 rings (SSSR count). The van der Waals surface area contributed by atoms with Gasteiger partial charge in [-0.3, -0.25) is 9.36 Å². The standard InChI is InChI=1S/C25H24N4O5/c1-29-20-10-15(5-6-21(20)34-25(29)31)16-3-4-17-9-19(33-22(17)11-16)12-18(13-26)28-24(30)23-14-27-7-2-8-32-23/h3-6,9-11,18,23,27H,2,7-8,12,14H2,1H3,(H,28,30)/t18-,23-/m0/s1. The SMILES string of the molecule is Cn1c(=O)oc2ccc(-c3ccc4cc(C[C@@H](C#N)NC(=O)[C@@H]5CNCCCO5)oc4c3)cc21. The van der Waals surface area contributed by atoms with Gasteiger partial charge in [0.25, 0.3) is 5.91 Å². The molecule has 174 valence electrons. The zero-order valence-corrected chi connectivity index (χ0v) is 18.7. The minimum Gasteiger partial charge on any atom is -0.461 e. The number of ether oxygens (including phenoxy) is 1. The van der Waals surface area contributed by atoms with Gasteiger partial charge in [0, 0.05) is 32.0 Å². The molecule has 1 saturated heterocycles. The first-order valence-corrected chi connectivity index (χ1v) is 11.2. The van der Waals surface area contributed by atoms with Gasteiger partial charge in [-0.1, -0.05) is 18.2 Å². The molecule has 1 amide bonds. The first-order chi connectivity index (χ1) is 16.5. The predicted molar refractivity (Wildman–Crippen MR) is 125 cm³/mol. The molecule has 0 bridgehead atoms. The number of oxazole rings is 1. The van der Waals surface area contributed by atoms with Gasteiger partial charge in [-0.25, -0.2) is 4.79 Å². The maximum Gasteiger partial charge on any atom is 0.419 e. The van der Waals surface area contributed by atoms with Crippen LogP contribution in [-0.2, 0) is 23.0 Å². The fourth-order valence-corrected chi connectivity index (χ4v) is 4.15. The van der Waals surface area contributed by atoms with Crippen LogP contribution in [0.2, 0.25) is 0 Å². The molecule has 1 aliphatic rings. The number of fused-ring (bicyclic) bond motifs is 2. The molecule has 0 saturated carbocycles. The predicted octanol–water partition coefficient (Wildman–Crippen LogP) is 2.47. The summed E-state index contributed by atoms with van der Waals surface area (Å²) in [6.45, 7) is 1.74. The van der Waals surface area contributed by atoms with Gasteiger partial charge < -0.3 is 24.2 Å². The number of amides is 1. The summed E-state index contributed by atoms with van der Waals surface area (Å²) in [5, 5.41) is 16.4. The van der Waals surface area contributed by atoms with Crippen LogP contribution in [0.25, 0.3) is 33.2 Å². The summed E-state index contributed by atoms with van der Waals surface area (Å²) >= 11 is 0. The molecule has 34 heavy (non-hydrogen) atoms. The fraction of sp³-hybridized carbons (Fsp3) is 0.320. The van der Waals surface area contributed by atoms with Crippen LogP contribution < -0.4 is 16.4 Å². The minimum absolute atomic E-state index is 0.246. The van der Waals surface area contributed by atoms with Crippen LogP contribution in [0.1, 0.15) is 12.2 Å². The van der Waals surface area contributed by atoms with Gasteiger partial charge >= 0.3 is 5.76 Å². The Morgan fingerprint density at radius 3 is 2.88 bits per heavy atom. The van der Waals surface area contributed by atoms with Crippen LogP contribution in [0.15, 0.2) is 56.1 Å². The van der Waals surface area contributed by atoms with E-state index in [0.29, 0.717) is 35.6 Å². The number of aromatic nitrogens is 1. The second-order valence-electron chi connectivity index (χ2n) is 8.39. The Balaban J connectivity index is 1.34. The number of carbonyl (C=O) groups excluding carboxylic acids is 1. The number of rotatable bonds is 5. The molecular formula is C25H24N4O5. The third-order valence-electron chi connectivity index (χ3n) is 6.01. The van der Waals surface area contributed by atoms with Gasteiger partial charge in [-0.05, 0) is 48.4 Å². The zero-order chi connectivity index (χ0) is 23.7. The third-order valence-corrected chi connectivity index (χ3v) is 6.01. The van der Waals surface area contributed by atoms with Crippen LogP contribution in [0.5, 0.6) is 0 Å². The van der Waals surface area contributed by atoms with Crippen LogP contribution >= 0.6 is 0 Å². The van der Waals surface area contributed by atoms with Crippen LogP contribution in [-0.4, -0.2) is 42.3 Å². The van der Waals surface area contributed by atoms with Gasteiger partial charge in [0.15, 0.2) is 5.58 Å². The van der Waals surface area contributed by atoms with E-state index < -0.39 is 17.9 Å². The number of furan rings is 1. The molecule has 3 heterocycles. The molecule has 0 aliphatic carbocycles. The molecule has 1 fully saturated rings. The average Bonchev–Trinajstić information content (AvgIpc) is 3.22. The molecule has 1 aliphatic heterocycles. The van der Waals surface area contributed by atoms with Crippen molar-refractivity contribution in [3.8, 4) is 17.2 Å². The first-order valence-electron chi connectivity index (χ1n) is 11.2. The number of carbonyl (C=O) groups is 1. The molecule has 9 nitrogen and oxygen atoms in total. The number of nitrogens with zero attached hydrogens (tertiary/aromatic N) is 2. The Bertz CT molecular complexity index is 1450. The van der Waals surface area contributed by atoms with Crippen molar-refractivity contribution in [1.29, 1.82) is 5.26 Å². The first kappa shape index (κ1) is 21.9. The summed E-state index contributed by atoms with van der Waals surface area (Å²) in [4.78, 5) is 24.3. The molecule has 0 unspecified atom stereocenters. The summed E-state index contributed by atoms with van der Waals surface area (Å²) < 4.78 is 18.2. The van der Waals surface area contributed by atoms with E-state index >= 15 is 0 Å². The van der Waals surface area contributed by atoms with Gasteiger partial charge in [0.2, 0.25) is 0 Å². The molecule has 2 aromatic carbocycles. The van der Waals surface area contributed by atoms with Crippen molar-refractivity contribution in [3.63, 3.8) is 0 Å². The summed E-state index contributed by atoms with van der Waals surface area (Å²) in [5.41, 5.74) is 3.76. The Hall–Kier alpha value is -3.87. The highest BCUT2D eigenvalue weighted by Crippen LogP contribution is 2.29. The van der Waals surface area contributed by atoms with E-state index in [0.717, 1.165) is 29.5 Å². The van der Waals surface area contributed by atoms with Crippen LogP contribution in [0.4, 0.5) is 0 Å². The van der Waals surface area contributed by atoms with Crippen molar-refractivity contribution in [2.24, 2.45) is 7.05 Å². The molecular weight excluding hydrogens is 436 g/mol.